The number of rotatable bonds is 4. The normalized spacial score (nSPS) is 34.8. The molecule has 0 aliphatic heterocycles. The number of hydrogen-bond donors (Lipinski definition) is 1. The Balaban J connectivity index is 1.48. The molecule has 0 atom stereocenters. The van der Waals surface area contributed by atoms with Crippen molar-refractivity contribution in [2.75, 3.05) is 0 Å². The largest absolute Gasteiger partial charge is 0.385 e. The van der Waals surface area contributed by atoms with Crippen LogP contribution in [-0.2, 0) is 0 Å². The van der Waals surface area contributed by atoms with E-state index in [2.05, 4.69) is 10.2 Å². The molecular formula is C18H22N4O2. The molecule has 0 saturated heterocycles. The fourth-order valence-corrected chi connectivity index (χ4v) is 5.37. The molecule has 0 amide bonds. The summed E-state index contributed by atoms with van der Waals surface area (Å²) in [5, 5.41) is 19.1. The zero-order valence-corrected chi connectivity index (χ0v) is 13.6. The molecule has 0 aromatic heterocycles. The van der Waals surface area contributed by atoms with Gasteiger partial charge >= 0.3 is 0 Å². The minimum atomic E-state index is -0.413. The monoisotopic (exact) mass is 326 g/mol. The van der Waals surface area contributed by atoms with Crippen molar-refractivity contribution in [1.82, 2.24) is 0 Å². The molecule has 0 radical (unpaired) electrons. The summed E-state index contributed by atoms with van der Waals surface area (Å²) in [6.07, 6.45) is 9.23. The van der Waals surface area contributed by atoms with Crippen molar-refractivity contribution in [3.63, 3.8) is 0 Å². The highest BCUT2D eigenvalue weighted by Crippen LogP contribution is 2.60. The average molecular weight is 326 g/mol. The van der Waals surface area contributed by atoms with E-state index in [0.717, 1.165) is 23.3 Å². The predicted molar refractivity (Wildman–Crippen MR) is 92.9 cm³/mol. The number of hydrogen-bond acceptors (Lipinski definition) is 4. The summed E-state index contributed by atoms with van der Waals surface area (Å²) >= 11 is 0. The van der Waals surface area contributed by atoms with E-state index < -0.39 is 4.92 Å². The van der Waals surface area contributed by atoms with Gasteiger partial charge in [0.05, 0.1) is 11.1 Å². The molecule has 4 bridgehead atoms. The SMILES string of the molecule is N/C(=N\N=C\c1ccc([N+](=O)[O-])cc1)C12CC3CC(CC(C3)C1)C2. The van der Waals surface area contributed by atoms with E-state index >= 15 is 0 Å². The smallest absolute Gasteiger partial charge is 0.269 e. The standard InChI is InChI=1S/C18H22N4O2/c19-17(18-8-13-5-14(9-18)7-15(6-13)10-18)21-20-11-12-1-3-16(4-2-12)22(23)24/h1-4,11,13-15H,5-10H2,(H2,19,21)/b20-11+. The summed E-state index contributed by atoms with van der Waals surface area (Å²) in [5.74, 6) is 3.15. The van der Waals surface area contributed by atoms with E-state index in [9.17, 15) is 10.1 Å². The molecule has 4 aliphatic carbocycles. The maximum absolute atomic E-state index is 10.7. The van der Waals surface area contributed by atoms with Crippen LogP contribution in [-0.4, -0.2) is 17.0 Å². The minimum absolute atomic E-state index is 0.0710. The molecule has 0 spiro atoms. The molecule has 4 aliphatic rings. The lowest BCUT2D eigenvalue weighted by Gasteiger charge is -2.56. The lowest BCUT2D eigenvalue weighted by atomic mass is 9.49. The molecule has 5 rings (SSSR count). The molecule has 6 heteroatoms. The molecule has 1 aromatic rings. The summed E-state index contributed by atoms with van der Waals surface area (Å²) in [7, 11) is 0. The van der Waals surface area contributed by atoms with Gasteiger partial charge in [-0.15, -0.1) is 5.10 Å². The zero-order valence-electron chi connectivity index (χ0n) is 13.6. The summed E-state index contributed by atoms with van der Waals surface area (Å²) < 4.78 is 0. The first-order chi connectivity index (χ1) is 11.5. The number of amidine groups is 1. The van der Waals surface area contributed by atoms with Gasteiger partial charge in [-0.3, -0.25) is 10.1 Å². The second-order valence-corrected chi connectivity index (χ2v) is 7.78. The maximum atomic E-state index is 10.7. The summed E-state index contributed by atoms with van der Waals surface area (Å²) in [4.78, 5) is 10.2. The average Bonchev–Trinajstić information content (AvgIpc) is 2.54. The highest BCUT2D eigenvalue weighted by molar-refractivity contribution is 5.88. The molecule has 0 heterocycles. The van der Waals surface area contributed by atoms with Gasteiger partial charge in [0.25, 0.3) is 5.69 Å². The van der Waals surface area contributed by atoms with Crippen LogP contribution in [0.5, 0.6) is 0 Å². The Labute approximate surface area is 141 Å². The van der Waals surface area contributed by atoms with Gasteiger partial charge in [0, 0.05) is 17.5 Å². The van der Waals surface area contributed by atoms with Gasteiger partial charge in [-0.2, -0.15) is 5.10 Å². The number of benzene rings is 1. The van der Waals surface area contributed by atoms with E-state index in [1.165, 1.54) is 50.7 Å². The van der Waals surface area contributed by atoms with Gasteiger partial charge < -0.3 is 5.73 Å². The number of nitro benzene ring substituents is 1. The van der Waals surface area contributed by atoms with Crippen LogP contribution in [0.15, 0.2) is 34.5 Å². The van der Waals surface area contributed by atoms with Crippen molar-refractivity contribution < 1.29 is 4.92 Å². The topological polar surface area (TPSA) is 93.9 Å². The summed E-state index contributed by atoms with van der Waals surface area (Å²) in [5.41, 5.74) is 7.27. The second kappa shape index (κ2) is 5.69. The van der Waals surface area contributed by atoms with Gasteiger partial charge in [-0.05, 0) is 74.0 Å². The Morgan fingerprint density at radius 2 is 1.67 bits per heavy atom. The predicted octanol–water partition coefficient (Wildman–Crippen LogP) is 3.50. The third-order valence-electron chi connectivity index (χ3n) is 6.06. The van der Waals surface area contributed by atoms with Crippen LogP contribution < -0.4 is 5.73 Å². The Kier molecular flexibility index (Phi) is 3.62. The lowest BCUT2D eigenvalue weighted by Crippen LogP contribution is -2.52. The van der Waals surface area contributed by atoms with E-state index in [1.54, 1.807) is 18.3 Å². The van der Waals surface area contributed by atoms with Crippen molar-refractivity contribution in [1.29, 1.82) is 0 Å². The van der Waals surface area contributed by atoms with Crippen LogP contribution >= 0.6 is 0 Å². The van der Waals surface area contributed by atoms with Gasteiger partial charge in [0.15, 0.2) is 0 Å². The number of non-ortho nitro benzene ring substituents is 1. The van der Waals surface area contributed by atoms with Crippen molar-refractivity contribution in [3.05, 3.63) is 39.9 Å². The number of nitrogens with zero attached hydrogens (tertiary/aromatic N) is 3. The molecule has 24 heavy (non-hydrogen) atoms. The van der Waals surface area contributed by atoms with Crippen molar-refractivity contribution in [3.8, 4) is 0 Å². The Morgan fingerprint density at radius 3 is 2.17 bits per heavy atom. The van der Waals surface area contributed by atoms with Crippen LogP contribution in [0.4, 0.5) is 5.69 Å². The summed E-state index contributed by atoms with van der Waals surface area (Å²) in [6, 6.07) is 6.26. The van der Waals surface area contributed by atoms with Gasteiger partial charge in [-0.1, -0.05) is 0 Å². The third-order valence-corrected chi connectivity index (χ3v) is 6.06. The molecule has 2 N–H and O–H groups in total. The van der Waals surface area contributed by atoms with Crippen molar-refractivity contribution in [2.45, 2.75) is 38.5 Å². The Bertz CT molecular complexity index is 673. The van der Waals surface area contributed by atoms with Crippen LogP contribution in [0, 0.1) is 33.3 Å². The van der Waals surface area contributed by atoms with Crippen LogP contribution in [0.2, 0.25) is 0 Å². The van der Waals surface area contributed by atoms with E-state index in [0.29, 0.717) is 5.84 Å². The highest BCUT2D eigenvalue weighted by atomic mass is 16.6. The molecule has 4 fully saturated rings. The van der Waals surface area contributed by atoms with Crippen molar-refractivity contribution in [2.24, 2.45) is 39.1 Å². The molecular weight excluding hydrogens is 304 g/mol. The highest BCUT2D eigenvalue weighted by Gasteiger charge is 2.52. The maximum Gasteiger partial charge on any atom is 0.269 e. The second-order valence-electron chi connectivity index (χ2n) is 7.78. The van der Waals surface area contributed by atoms with E-state index in [-0.39, 0.29) is 11.1 Å². The van der Waals surface area contributed by atoms with E-state index in [1.807, 2.05) is 0 Å². The molecule has 4 saturated carbocycles. The first-order valence-electron chi connectivity index (χ1n) is 8.65. The van der Waals surface area contributed by atoms with Crippen LogP contribution in [0.25, 0.3) is 0 Å². The van der Waals surface area contributed by atoms with Crippen molar-refractivity contribution >= 4 is 17.7 Å². The van der Waals surface area contributed by atoms with Gasteiger partial charge in [0.1, 0.15) is 5.84 Å². The van der Waals surface area contributed by atoms with Crippen LogP contribution in [0.3, 0.4) is 0 Å². The van der Waals surface area contributed by atoms with Gasteiger partial charge in [-0.25, -0.2) is 0 Å². The molecule has 1 aromatic carbocycles. The summed E-state index contributed by atoms with van der Waals surface area (Å²) in [6.45, 7) is 0. The number of nitrogens with two attached hydrogens (primary N) is 1. The molecule has 6 nitrogen and oxygen atoms in total. The minimum Gasteiger partial charge on any atom is -0.385 e. The first-order valence-corrected chi connectivity index (χ1v) is 8.65. The lowest BCUT2D eigenvalue weighted by molar-refractivity contribution is -0.384. The van der Waals surface area contributed by atoms with E-state index in [4.69, 9.17) is 5.73 Å². The molecule has 126 valence electrons. The Hall–Kier alpha value is -2.24. The first kappa shape index (κ1) is 15.3. The molecule has 0 unspecified atom stereocenters. The zero-order chi connectivity index (χ0) is 16.7. The Morgan fingerprint density at radius 1 is 1.12 bits per heavy atom. The number of nitro groups is 1. The fourth-order valence-electron chi connectivity index (χ4n) is 5.37. The third kappa shape index (κ3) is 2.70. The van der Waals surface area contributed by atoms with Gasteiger partial charge in [0.2, 0.25) is 0 Å². The fraction of sp³-hybridized carbons (Fsp3) is 0.556. The van der Waals surface area contributed by atoms with Crippen LogP contribution in [0.1, 0.15) is 44.1 Å². The quantitative estimate of drug-likeness (QED) is 0.397.